The van der Waals surface area contributed by atoms with Gasteiger partial charge < -0.3 is 9.15 Å². The molecule has 2 heterocycles. The number of ether oxygens (including phenoxy) is 1. The molecule has 3 rings (SSSR count). The van der Waals surface area contributed by atoms with Gasteiger partial charge in [0, 0.05) is 17.0 Å². The maximum Gasteiger partial charge on any atom is 0.420 e. The summed E-state index contributed by atoms with van der Waals surface area (Å²) in [6.45, 7) is 1.43. The van der Waals surface area contributed by atoms with Crippen LogP contribution in [0.15, 0.2) is 44.9 Å². The number of aromatic nitrogens is 1. The van der Waals surface area contributed by atoms with Crippen LogP contribution in [0.4, 0.5) is 5.00 Å². The molecule has 1 unspecified atom stereocenters. The summed E-state index contributed by atoms with van der Waals surface area (Å²) in [5, 5.41) is 12.2. The molecule has 0 spiro atoms. The van der Waals surface area contributed by atoms with Crippen LogP contribution in [0, 0.1) is 10.1 Å². The quantitative estimate of drug-likeness (QED) is 0.399. The number of oxazole rings is 1. The molecule has 9 heteroatoms. The van der Waals surface area contributed by atoms with E-state index in [2.05, 4.69) is 0 Å². The average molecular weight is 348 g/mol. The Kier molecular flexibility index (Phi) is 4.17. The number of hydrogen-bond donors (Lipinski definition) is 0. The minimum Gasteiger partial charge on any atom is -0.459 e. The first-order valence-electron chi connectivity index (χ1n) is 6.96. The summed E-state index contributed by atoms with van der Waals surface area (Å²) < 4.78 is 11.5. The number of esters is 1. The van der Waals surface area contributed by atoms with Crippen molar-refractivity contribution in [1.82, 2.24) is 4.57 Å². The third kappa shape index (κ3) is 2.93. The van der Waals surface area contributed by atoms with Gasteiger partial charge in [0.05, 0.1) is 10.4 Å². The zero-order valence-corrected chi connectivity index (χ0v) is 13.3. The van der Waals surface area contributed by atoms with Gasteiger partial charge in [-0.25, -0.2) is 9.59 Å². The van der Waals surface area contributed by atoms with Crippen LogP contribution < -0.4 is 5.76 Å². The van der Waals surface area contributed by atoms with Gasteiger partial charge in [-0.15, -0.1) is 0 Å². The number of para-hydroxylation sites is 2. The number of carbonyl (C=O) groups is 1. The first-order chi connectivity index (χ1) is 11.5. The molecular formula is C15H12N2O6S. The van der Waals surface area contributed by atoms with Crippen LogP contribution in [0.3, 0.4) is 0 Å². The van der Waals surface area contributed by atoms with E-state index in [4.69, 9.17) is 9.15 Å². The van der Waals surface area contributed by atoms with Gasteiger partial charge in [-0.2, -0.15) is 0 Å². The highest BCUT2D eigenvalue weighted by Crippen LogP contribution is 2.24. The Morgan fingerprint density at radius 3 is 2.92 bits per heavy atom. The number of benzene rings is 1. The van der Waals surface area contributed by atoms with Crippen LogP contribution in [0.2, 0.25) is 0 Å². The lowest BCUT2D eigenvalue weighted by atomic mass is 10.3. The van der Waals surface area contributed by atoms with Gasteiger partial charge in [0.25, 0.3) is 0 Å². The fraction of sp³-hybridized carbons (Fsp3) is 0.200. The zero-order valence-electron chi connectivity index (χ0n) is 12.5. The molecule has 0 aliphatic heterocycles. The SMILES string of the molecule is CC(C(=O)OCc1csc([N+](=O)[O-])c1)n1c(=O)oc2ccccc21. The third-order valence-electron chi connectivity index (χ3n) is 3.45. The van der Waals surface area contributed by atoms with Crippen molar-refractivity contribution in [3.63, 3.8) is 0 Å². The Morgan fingerprint density at radius 1 is 1.46 bits per heavy atom. The minimum atomic E-state index is -0.880. The summed E-state index contributed by atoms with van der Waals surface area (Å²) in [6, 6.07) is 7.23. The number of rotatable bonds is 5. The van der Waals surface area contributed by atoms with Crippen molar-refractivity contribution in [3.05, 3.63) is 61.9 Å². The zero-order chi connectivity index (χ0) is 17.3. The summed E-state index contributed by atoms with van der Waals surface area (Å²) in [5.74, 6) is -1.27. The molecule has 1 atom stereocenters. The molecule has 8 nitrogen and oxygen atoms in total. The molecule has 0 aliphatic rings. The molecule has 0 aliphatic carbocycles. The Morgan fingerprint density at radius 2 is 2.21 bits per heavy atom. The Bertz CT molecular complexity index is 970. The first-order valence-corrected chi connectivity index (χ1v) is 7.84. The topological polar surface area (TPSA) is 105 Å². The van der Waals surface area contributed by atoms with Gasteiger partial charge in [0.1, 0.15) is 12.6 Å². The smallest absolute Gasteiger partial charge is 0.420 e. The summed E-state index contributed by atoms with van der Waals surface area (Å²) in [6.07, 6.45) is 0. The highest BCUT2D eigenvalue weighted by atomic mass is 32.1. The van der Waals surface area contributed by atoms with Crippen LogP contribution in [0.25, 0.3) is 11.1 Å². The van der Waals surface area contributed by atoms with E-state index in [-0.39, 0.29) is 11.6 Å². The van der Waals surface area contributed by atoms with E-state index >= 15 is 0 Å². The van der Waals surface area contributed by atoms with Crippen LogP contribution in [0.1, 0.15) is 18.5 Å². The van der Waals surface area contributed by atoms with Crippen molar-refractivity contribution < 1.29 is 18.9 Å². The Hall–Kier alpha value is -2.94. The standard InChI is InChI=1S/C15H12N2O6S/c1-9(16-11-4-2-3-5-12(11)23-15(16)19)14(18)22-7-10-6-13(17(20)21)24-8-10/h2-6,8-9H,7H2,1H3. The Labute approximate surface area is 139 Å². The van der Waals surface area contributed by atoms with Crippen LogP contribution in [0.5, 0.6) is 0 Å². The van der Waals surface area contributed by atoms with E-state index < -0.39 is 22.7 Å². The molecule has 124 valence electrons. The lowest BCUT2D eigenvalue weighted by Gasteiger charge is -2.11. The second-order valence-electron chi connectivity index (χ2n) is 5.04. The Balaban J connectivity index is 1.75. The molecule has 2 aromatic heterocycles. The molecule has 0 amide bonds. The fourth-order valence-corrected chi connectivity index (χ4v) is 2.98. The molecule has 3 aromatic rings. The van der Waals surface area contributed by atoms with Crippen molar-refractivity contribution in [2.75, 3.05) is 0 Å². The van der Waals surface area contributed by atoms with Crippen LogP contribution in [-0.2, 0) is 16.1 Å². The van der Waals surface area contributed by atoms with Crippen molar-refractivity contribution in [2.24, 2.45) is 0 Å². The van der Waals surface area contributed by atoms with Crippen molar-refractivity contribution >= 4 is 33.4 Å². The van der Waals surface area contributed by atoms with E-state index in [1.807, 2.05) is 0 Å². The largest absolute Gasteiger partial charge is 0.459 e. The maximum absolute atomic E-state index is 12.2. The van der Waals surface area contributed by atoms with Gasteiger partial charge in [-0.1, -0.05) is 23.5 Å². The monoisotopic (exact) mass is 348 g/mol. The van der Waals surface area contributed by atoms with Gasteiger partial charge in [-0.3, -0.25) is 14.7 Å². The van der Waals surface area contributed by atoms with Gasteiger partial charge in [-0.05, 0) is 19.1 Å². The highest BCUT2D eigenvalue weighted by molar-refractivity contribution is 7.13. The molecule has 24 heavy (non-hydrogen) atoms. The number of carbonyl (C=O) groups excluding carboxylic acids is 1. The number of fused-ring (bicyclic) bond motifs is 1. The summed E-state index contributed by atoms with van der Waals surface area (Å²) >= 11 is 0.959. The second kappa shape index (κ2) is 6.28. The van der Waals surface area contributed by atoms with E-state index in [1.54, 1.807) is 29.6 Å². The normalized spacial score (nSPS) is 12.2. The molecule has 0 radical (unpaired) electrons. The predicted molar refractivity (Wildman–Crippen MR) is 86.0 cm³/mol. The molecule has 0 fully saturated rings. The highest BCUT2D eigenvalue weighted by Gasteiger charge is 2.23. The number of nitrogens with zero attached hydrogens (tertiary/aromatic N) is 2. The minimum absolute atomic E-state index is 0.0221. The third-order valence-corrected chi connectivity index (χ3v) is 4.38. The van der Waals surface area contributed by atoms with Crippen LogP contribution >= 0.6 is 11.3 Å². The summed E-state index contributed by atoms with van der Waals surface area (Å²) in [5.41, 5.74) is 1.41. The number of nitro groups is 1. The molecule has 0 saturated heterocycles. The molecular weight excluding hydrogens is 336 g/mol. The predicted octanol–water partition coefficient (Wildman–Crippen LogP) is 2.87. The molecule has 0 N–H and O–H groups in total. The summed E-state index contributed by atoms with van der Waals surface area (Å²) in [7, 11) is 0. The van der Waals surface area contributed by atoms with Crippen molar-refractivity contribution in [2.45, 2.75) is 19.6 Å². The number of hydrogen-bond acceptors (Lipinski definition) is 7. The van der Waals surface area contributed by atoms with E-state index in [1.165, 1.54) is 17.6 Å². The first kappa shape index (κ1) is 15.9. The van der Waals surface area contributed by atoms with E-state index in [9.17, 15) is 19.7 Å². The number of thiophene rings is 1. The fourth-order valence-electron chi connectivity index (χ4n) is 2.27. The maximum atomic E-state index is 12.2. The van der Waals surface area contributed by atoms with Gasteiger partial charge in [0.15, 0.2) is 5.58 Å². The average Bonchev–Trinajstić information content (AvgIpc) is 3.15. The van der Waals surface area contributed by atoms with Gasteiger partial charge in [0.2, 0.25) is 0 Å². The van der Waals surface area contributed by atoms with E-state index in [0.29, 0.717) is 16.7 Å². The molecule has 1 aromatic carbocycles. The lowest BCUT2D eigenvalue weighted by Crippen LogP contribution is -2.26. The molecule has 0 saturated carbocycles. The van der Waals surface area contributed by atoms with Crippen molar-refractivity contribution in [3.8, 4) is 0 Å². The van der Waals surface area contributed by atoms with E-state index in [0.717, 1.165) is 11.3 Å². The summed E-state index contributed by atoms with van der Waals surface area (Å²) in [4.78, 5) is 34.3. The van der Waals surface area contributed by atoms with Gasteiger partial charge >= 0.3 is 16.7 Å². The lowest BCUT2D eigenvalue weighted by molar-refractivity contribution is -0.380. The second-order valence-corrected chi connectivity index (χ2v) is 5.93. The van der Waals surface area contributed by atoms with Crippen molar-refractivity contribution in [1.29, 1.82) is 0 Å². The molecule has 0 bridgehead atoms. The van der Waals surface area contributed by atoms with Crippen LogP contribution in [-0.4, -0.2) is 15.5 Å².